The third-order valence-electron chi connectivity index (χ3n) is 2.64. The Balaban J connectivity index is 2.05. The summed E-state index contributed by atoms with van der Waals surface area (Å²) in [6.45, 7) is 0. The molecule has 0 fully saturated rings. The molecule has 0 aliphatic carbocycles. The van der Waals surface area contributed by atoms with Gasteiger partial charge in [0.2, 0.25) is 0 Å². The van der Waals surface area contributed by atoms with Crippen LogP contribution >= 0.6 is 0 Å². The molecule has 3 heteroatoms. The van der Waals surface area contributed by atoms with Crippen LogP contribution in [-0.4, -0.2) is 24.8 Å². The molecular weight excluding hydrogens is 250 g/mol. The number of nitrogens with zero attached hydrogens (tertiary/aromatic N) is 1. The smallest absolute Gasteiger partial charge is 0.187 e. The lowest BCUT2D eigenvalue weighted by Crippen LogP contribution is -2.03. The van der Waals surface area contributed by atoms with Gasteiger partial charge in [0.1, 0.15) is 11.5 Å². The van der Waals surface area contributed by atoms with Gasteiger partial charge in [0, 0.05) is 31.9 Å². The van der Waals surface area contributed by atoms with E-state index in [9.17, 15) is 4.79 Å². The number of ether oxygens (including phenoxy) is 1. The molecule has 2 aromatic rings. The molecule has 0 radical (unpaired) electrons. The lowest BCUT2D eigenvalue weighted by molar-refractivity contribution is 0.104. The molecule has 20 heavy (non-hydrogen) atoms. The van der Waals surface area contributed by atoms with Crippen LogP contribution in [0.25, 0.3) is 0 Å². The lowest BCUT2D eigenvalue weighted by atomic mass is 10.1. The predicted octanol–water partition coefficient (Wildman–Crippen LogP) is 3.74. The Kier molecular flexibility index (Phi) is 4.56. The highest BCUT2D eigenvalue weighted by atomic mass is 16.5. The second-order valence-corrected chi connectivity index (χ2v) is 4.58. The minimum Gasteiger partial charge on any atom is -0.457 e. The van der Waals surface area contributed by atoms with Crippen LogP contribution in [0.4, 0.5) is 0 Å². The van der Waals surface area contributed by atoms with Crippen LogP contribution in [0.5, 0.6) is 11.5 Å². The minimum absolute atomic E-state index is 0.0232. The Morgan fingerprint density at radius 2 is 1.55 bits per heavy atom. The van der Waals surface area contributed by atoms with Gasteiger partial charge in [-0.05, 0) is 36.4 Å². The minimum atomic E-state index is -0.0232. The molecule has 0 heterocycles. The quantitative estimate of drug-likeness (QED) is 0.610. The van der Waals surface area contributed by atoms with Gasteiger partial charge < -0.3 is 9.64 Å². The van der Waals surface area contributed by atoms with E-state index in [4.69, 9.17) is 4.74 Å². The zero-order chi connectivity index (χ0) is 14.4. The summed E-state index contributed by atoms with van der Waals surface area (Å²) in [7, 11) is 3.75. The predicted molar refractivity (Wildman–Crippen MR) is 80.1 cm³/mol. The zero-order valence-corrected chi connectivity index (χ0v) is 11.6. The van der Waals surface area contributed by atoms with E-state index in [1.807, 2.05) is 49.3 Å². The van der Waals surface area contributed by atoms with E-state index < -0.39 is 0 Å². The summed E-state index contributed by atoms with van der Waals surface area (Å²) < 4.78 is 5.67. The van der Waals surface area contributed by atoms with Gasteiger partial charge in [-0.15, -0.1) is 0 Å². The number of rotatable bonds is 5. The molecule has 102 valence electrons. The topological polar surface area (TPSA) is 29.5 Å². The number of ketones is 1. The van der Waals surface area contributed by atoms with Crippen LogP contribution in [0, 0.1) is 0 Å². The highest BCUT2D eigenvalue weighted by Crippen LogP contribution is 2.21. The second kappa shape index (κ2) is 6.57. The molecule has 2 rings (SSSR count). The molecule has 0 unspecified atom stereocenters. The van der Waals surface area contributed by atoms with Gasteiger partial charge in [-0.3, -0.25) is 4.79 Å². The average Bonchev–Trinajstić information content (AvgIpc) is 2.46. The number of hydrogen-bond acceptors (Lipinski definition) is 3. The molecule has 2 aromatic carbocycles. The molecular formula is C17H17NO2. The normalized spacial score (nSPS) is 10.5. The summed E-state index contributed by atoms with van der Waals surface area (Å²) in [6.07, 6.45) is 3.28. The second-order valence-electron chi connectivity index (χ2n) is 4.58. The van der Waals surface area contributed by atoms with Crippen molar-refractivity contribution in [2.75, 3.05) is 14.1 Å². The van der Waals surface area contributed by atoms with Crippen molar-refractivity contribution in [3.63, 3.8) is 0 Å². The number of para-hydroxylation sites is 1. The fourth-order valence-electron chi connectivity index (χ4n) is 1.62. The van der Waals surface area contributed by atoms with Gasteiger partial charge in [0.15, 0.2) is 5.78 Å². The standard InChI is InChI=1S/C17H17NO2/c1-18(2)13-12-17(19)14-8-10-16(11-9-14)20-15-6-4-3-5-7-15/h3-13H,1-2H3/b13-12+. The van der Waals surface area contributed by atoms with Crippen molar-refractivity contribution in [3.05, 3.63) is 72.4 Å². The number of benzene rings is 2. The SMILES string of the molecule is CN(C)/C=C/C(=O)c1ccc(Oc2ccccc2)cc1. The van der Waals surface area contributed by atoms with E-state index in [1.165, 1.54) is 0 Å². The fourth-order valence-corrected chi connectivity index (χ4v) is 1.62. The van der Waals surface area contributed by atoms with Crippen LogP contribution in [0.3, 0.4) is 0 Å². The van der Waals surface area contributed by atoms with Crippen molar-refractivity contribution in [1.82, 2.24) is 4.90 Å². The summed E-state index contributed by atoms with van der Waals surface area (Å²) in [5.41, 5.74) is 0.642. The third kappa shape index (κ3) is 3.99. The Hall–Kier alpha value is -2.55. The van der Waals surface area contributed by atoms with Crippen LogP contribution in [0.2, 0.25) is 0 Å². The molecule has 3 nitrogen and oxygen atoms in total. The Morgan fingerprint density at radius 1 is 0.950 bits per heavy atom. The number of allylic oxidation sites excluding steroid dienone is 1. The first kappa shape index (κ1) is 13.9. The van der Waals surface area contributed by atoms with Gasteiger partial charge in [-0.1, -0.05) is 18.2 Å². The highest BCUT2D eigenvalue weighted by Gasteiger charge is 2.02. The van der Waals surface area contributed by atoms with Gasteiger partial charge in [0.05, 0.1) is 0 Å². The van der Waals surface area contributed by atoms with Crippen LogP contribution in [0.1, 0.15) is 10.4 Å². The molecule has 0 bridgehead atoms. The van der Waals surface area contributed by atoms with E-state index in [1.54, 1.807) is 36.5 Å². The number of hydrogen-bond donors (Lipinski definition) is 0. The maximum absolute atomic E-state index is 11.9. The maximum Gasteiger partial charge on any atom is 0.187 e. The van der Waals surface area contributed by atoms with E-state index in [-0.39, 0.29) is 5.78 Å². The van der Waals surface area contributed by atoms with E-state index >= 15 is 0 Å². The summed E-state index contributed by atoms with van der Waals surface area (Å²) in [4.78, 5) is 13.7. The lowest BCUT2D eigenvalue weighted by Gasteiger charge is -2.06. The first-order valence-electron chi connectivity index (χ1n) is 6.37. The fraction of sp³-hybridized carbons (Fsp3) is 0.118. The number of carbonyl (C=O) groups is 1. The van der Waals surface area contributed by atoms with Crippen LogP contribution in [-0.2, 0) is 0 Å². The summed E-state index contributed by atoms with van der Waals surface area (Å²) in [5.74, 6) is 1.47. The summed E-state index contributed by atoms with van der Waals surface area (Å²) in [6, 6.07) is 16.7. The Morgan fingerprint density at radius 3 is 2.15 bits per heavy atom. The summed E-state index contributed by atoms with van der Waals surface area (Å²) in [5, 5.41) is 0. The first-order valence-corrected chi connectivity index (χ1v) is 6.37. The van der Waals surface area contributed by atoms with Crippen molar-refractivity contribution in [3.8, 4) is 11.5 Å². The molecule has 0 aromatic heterocycles. The third-order valence-corrected chi connectivity index (χ3v) is 2.64. The van der Waals surface area contributed by atoms with Crippen molar-refractivity contribution in [2.24, 2.45) is 0 Å². The van der Waals surface area contributed by atoms with Crippen LogP contribution < -0.4 is 4.74 Å². The van der Waals surface area contributed by atoms with Gasteiger partial charge in [-0.2, -0.15) is 0 Å². The van der Waals surface area contributed by atoms with Crippen molar-refractivity contribution < 1.29 is 9.53 Å². The average molecular weight is 267 g/mol. The van der Waals surface area contributed by atoms with E-state index in [0.29, 0.717) is 11.3 Å². The largest absolute Gasteiger partial charge is 0.457 e. The van der Waals surface area contributed by atoms with E-state index in [0.717, 1.165) is 5.75 Å². The van der Waals surface area contributed by atoms with Gasteiger partial charge >= 0.3 is 0 Å². The first-order chi connectivity index (χ1) is 9.65. The molecule has 0 aliphatic rings. The van der Waals surface area contributed by atoms with Crippen molar-refractivity contribution >= 4 is 5.78 Å². The zero-order valence-electron chi connectivity index (χ0n) is 11.6. The molecule has 0 saturated carbocycles. The molecule has 0 N–H and O–H groups in total. The Labute approximate surface area is 119 Å². The summed E-state index contributed by atoms with van der Waals surface area (Å²) >= 11 is 0. The Bertz CT molecular complexity index is 586. The number of carbonyl (C=O) groups excluding carboxylic acids is 1. The monoisotopic (exact) mass is 267 g/mol. The van der Waals surface area contributed by atoms with E-state index in [2.05, 4.69) is 0 Å². The van der Waals surface area contributed by atoms with Gasteiger partial charge in [-0.25, -0.2) is 0 Å². The molecule has 0 atom stereocenters. The van der Waals surface area contributed by atoms with Crippen molar-refractivity contribution in [2.45, 2.75) is 0 Å². The molecule has 0 aliphatic heterocycles. The van der Waals surface area contributed by atoms with Crippen molar-refractivity contribution in [1.29, 1.82) is 0 Å². The molecule has 0 spiro atoms. The van der Waals surface area contributed by atoms with Crippen LogP contribution in [0.15, 0.2) is 66.9 Å². The van der Waals surface area contributed by atoms with Gasteiger partial charge in [0.25, 0.3) is 0 Å². The maximum atomic E-state index is 11.9. The molecule has 0 amide bonds. The highest BCUT2D eigenvalue weighted by molar-refractivity contribution is 6.04. The molecule has 0 saturated heterocycles.